The molecule has 0 spiro atoms. The molecule has 0 N–H and O–H groups in total. The van der Waals surface area contributed by atoms with Crippen molar-refractivity contribution in [3.63, 3.8) is 0 Å². The van der Waals surface area contributed by atoms with Gasteiger partial charge in [0.15, 0.2) is 4.80 Å². The SMILES string of the molecule is CCOC(=O)CCn1c(=NC(=O)/C=C/c2cccs2)sc2cc(F)ccc21. The number of rotatable bonds is 6. The van der Waals surface area contributed by atoms with Crippen molar-refractivity contribution in [2.75, 3.05) is 6.61 Å². The molecule has 2 aromatic heterocycles. The van der Waals surface area contributed by atoms with E-state index >= 15 is 0 Å². The molecule has 0 saturated heterocycles. The van der Waals surface area contributed by atoms with Crippen LogP contribution in [-0.2, 0) is 20.9 Å². The molecule has 0 aliphatic carbocycles. The number of benzene rings is 1. The predicted molar refractivity (Wildman–Crippen MR) is 105 cm³/mol. The number of amides is 1. The summed E-state index contributed by atoms with van der Waals surface area (Å²) in [5.74, 6) is -1.11. The largest absolute Gasteiger partial charge is 0.466 e. The van der Waals surface area contributed by atoms with Crippen LogP contribution in [0.4, 0.5) is 4.39 Å². The summed E-state index contributed by atoms with van der Waals surface area (Å²) in [4.78, 5) is 29.4. The minimum atomic E-state index is -0.416. The van der Waals surface area contributed by atoms with E-state index in [2.05, 4.69) is 4.99 Å². The van der Waals surface area contributed by atoms with Gasteiger partial charge in [0.1, 0.15) is 5.82 Å². The van der Waals surface area contributed by atoms with Gasteiger partial charge in [-0.15, -0.1) is 11.3 Å². The van der Waals surface area contributed by atoms with Gasteiger partial charge in [-0.2, -0.15) is 4.99 Å². The van der Waals surface area contributed by atoms with E-state index in [0.717, 1.165) is 10.4 Å². The van der Waals surface area contributed by atoms with Crippen LogP contribution in [0.25, 0.3) is 16.3 Å². The maximum atomic E-state index is 13.5. The third-order valence-electron chi connectivity index (χ3n) is 3.63. The monoisotopic (exact) mass is 404 g/mol. The molecule has 5 nitrogen and oxygen atoms in total. The number of carbonyl (C=O) groups excluding carboxylic acids is 2. The number of nitrogens with zero attached hydrogens (tertiary/aromatic N) is 2. The maximum absolute atomic E-state index is 13.5. The minimum Gasteiger partial charge on any atom is -0.466 e. The molecule has 2 heterocycles. The molecule has 0 aliphatic rings. The smallest absolute Gasteiger partial charge is 0.307 e. The van der Waals surface area contributed by atoms with E-state index in [9.17, 15) is 14.0 Å². The number of esters is 1. The lowest BCUT2D eigenvalue weighted by atomic mass is 10.3. The molecular formula is C19H17FN2O3S2. The van der Waals surface area contributed by atoms with Crippen molar-refractivity contribution in [3.8, 4) is 0 Å². The average Bonchev–Trinajstić information content (AvgIpc) is 3.25. The summed E-state index contributed by atoms with van der Waals surface area (Å²) in [7, 11) is 0. The highest BCUT2D eigenvalue weighted by atomic mass is 32.1. The Balaban J connectivity index is 1.93. The first-order chi connectivity index (χ1) is 13.1. The number of halogens is 1. The molecule has 1 aromatic carbocycles. The summed E-state index contributed by atoms with van der Waals surface area (Å²) < 4.78 is 20.9. The zero-order chi connectivity index (χ0) is 19.2. The summed E-state index contributed by atoms with van der Waals surface area (Å²) in [5.41, 5.74) is 0.722. The van der Waals surface area contributed by atoms with Crippen molar-refractivity contribution in [3.05, 3.63) is 57.3 Å². The highest BCUT2D eigenvalue weighted by Gasteiger charge is 2.10. The van der Waals surface area contributed by atoms with Crippen LogP contribution < -0.4 is 4.80 Å². The van der Waals surface area contributed by atoms with E-state index in [1.807, 2.05) is 17.5 Å². The van der Waals surface area contributed by atoms with Crippen LogP contribution in [0.2, 0.25) is 0 Å². The van der Waals surface area contributed by atoms with Crippen molar-refractivity contribution in [1.82, 2.24) is 4.57 Å². The molecule has 0 fully saturated rings. The van der Waals surface area contributed by atoms with E-state index in [1.54, 1.807) is 23.6 Å². The number of aromatic nitrogens is 1. The maximum Gasteiger partial charge on any atom is 0.307 e. The van der Waals surface area contributed by atoms with Gasteiger partial charge in [-0.1, -0.05) is 17.4 Å². The predicted octanol–water partition coefficient (Wildman–Crippen LogP) is 4.00. The third kappa shape index (κ3) is 4.99. The number of carbonyl (C=O) groups is 2. The molecule has 8 heteroatoms. The molecule has 1 amide bonds. The fourth-order valence-corrected chi connectivity index (χ4v) is 4.16. The van der Waals surface area contributed by atoms with E-state index < -0.39 is 5.91 Å². The lowest BCUT2D eigenvalue weighted by Gasteiger charge is -2.05. The number of hydrogen-bond acceptors (Lipinski definition) is 5. The molecular weight excluding hydrogens is 387 g/mol. The van der Waals surface area contributed by atoms with Gasteiger partial charge in [-0.3, -0.25) is 9.59 Å². The second kappa shape index (κ2) is 8.88. The van der Waals surface area contributed by atoms with Crippen molar-refractivity contribution in [1.29, 1.82) is 0 Å². The molecule has 0 bridgehead atoms. The standard InChI is InChI=1S/C19H17FN2O3S2/c1-2-25-18(24)9-10-22-15-7-5-13(20)12-16(15)27-19(22)21-17(23)8-6-14-4-3-11-26-14/h3-8,11-12H,2,9-10H2,1H3/b8-6+,21-19?. The van der Waals surface area contributed by atoms with Gasteiger partial charge in [0.05, 0.1) is 23.2 Å². The van der Waals surface area contributed by atoms with Gasteiger partial charge in [0.2, 0.25) is 0 Å². The summed E-state index contributed by atoms with van der Waals surface area (Å²) in [5, 5.41) is 1.92. The highest BCUT2D eigenvalue weighted by molar-refractivity contribution is 7.16. The Hall–Kier alpha value is -2.58. The molecule has 0 radical (unpaired) electrons. The van der Waals surface area contributed by atoms with E-state index in [4.69, 9.17) is 4.74 Å². The van der Waals surface area contributed by atoms with Crippen LogP contribution in [-0.4, -0.2) is 23.1 Å². The first kappa shape index (κ1) is 19.2. The van der Waals surface area contributed by atoms with Crippen LogP contribution >= 0.6 is 22.7 Å². The second-order valence-electron chi connectivity index (χ2n) is 5.50. The lowest BCUT2D eigenvalue weighted by Crippen LogP contribution is -2.19. The summed E-state index contributed by atoms with van der Waals surface area (Å²) in [6, 6.07) is 8.16. The molecule has 0 unspecified atom stereocenters. The molecule has 3 rings (SSSR count). The third-order valence-corrected chi connectivity index (χ3v) is 5.51. The van der Waals surface area contributed by atoms with Gasteiger partial charge in [0.25, 0.3) is 5.91 Å². The number of hydrogen-bond donors (Lipinski definition) is 0. The fourth-order valence-electron chi connectivity index (χ4n) is 2.46. The Kier molecular flexibility index (Phi) is 6.31. The lowest BCUT2D eigenvalue weighted by molar-refractivity contribution is -0.143. The summed E-state index contributed by atoms with van der Waals surface area (Å²) >= 11 is 2.73. The van der Waals surface area contributed by atoms with Crippen molar-refractivity contribution in [2.24, 2.45) is 4.99 Å². The Morgan fingerprint density at radius 1 is 1.33 bits per heavy atom. The van der Waals surface area contributed by atoms with Gasteiger partial charge < -0.3 is 9.30 Å². The fraction of sp³-hybridized carbons (Fsp3) is 0.211. The molecule has 27 heavy (non-hydrogen) atoms. The molecule has 0 saturated carbocycles. The number of thiazole rings is 1. The number of thiophene rings is 1. The van der Waals surface area contributed by atoms with E-state index in [-0.39, 0.29) is 18.2 Å². The van der Waals surface area contributed by atoms with Crippen LogP contribution in [0, 0.1) is 5.82 Å². The second-order valence-corrected chi connectivity index (χ2v) is 7.49. The molecule has 0 aliphatic heterocycles. The Labute approximate surface area is 163 Å². The normalized spacial score (nSPS) is 12.1. The van der Waals surface area contributed by atoms with E-state index in [0.29, 0.717) is 22.7 Å². The zero-order valence-electron chi connectivity index (χ0n) is 14.6. The van der Waals surface area contributed by atoms with Gasteiger partial charge in [-0.05, 0) is 42.6 Å². The van der Waals surface area contributed by atoms with Crippen LogP contribution in [0.3, 0.4) is 0 Å². The number of ether oxygens (including phenoxy) is 1. The van der Waals surface area contributed by atoms with Crippen molar-refractivity contribution in [2.45, 2.75) is 19.9 Å². The van der Waals surface area contributed by atoms with Gasteiger partial charge in [0, 0.05) is 17.5 Å². The van der Waals surface area contributed by atoms with Crippen LogP contribution in [0.15, 0.2) is 46.8 Å². The first-order valence-electron chi connectivity index (χ1n) is 8.31. The zero-order valence-corrected chi connectivity index (χ0v) is 16.2. The van der Waals surface area contributed by atoms with Crippen LogP contribution in [0.5, 0.6) is 0 Å². The van der Waals surface area contributed by atoms with E-state index in [1.165, 1.54) is 40.9 Å². The van der Waals surface area contributed by atoms with Gasteiger partial charge >= 0.3 is 5.97 Å². The number of fused-ring (bicyclic) bond motifs is 1. The Bertz CT molecular complexity index is 1050. The molecule has 3 aromatic rings. The van der Waals surface area contributed by atoms with Crippen molar-refractivity contribution < 1.29 is 18.7 Å². The topological polar surface area (TPSA) is 60.7 Å². The summed E-state index contributed by atoms with van der Waals surface area (Å²) in [6.45, 7) is 2.35. The Morgan fingerprint density at radius 3 is 2.93 bits per heavy atom. The molecule has 0 atom stereocenters. The van der Waals surface area contributed by atoms with Crippen LogP contribution in [0.1, 0.15) is 18.2 Å². The summed E-state index contributed by atoms with van der Waals surface area (Å²) in [6.07, 6.45) is 3.24. The first-order valence-corrected chi connectivity index (χ1v) is 10.0. The van der Waals surface area contributed by atoms with Gasteiger partial charge in [-0.25, -0.2) is 4.39 Å². The highest BCUT2D eigenvalue weighted by Crippen LogP contribution is 2.19. The molecule has 140 valence electrons. The average molecular weight is 404 g/mol. The Morgan fingerprint density at radius 2 is 2.19 bits per heavy atom. The van der Waals surface area contributed by atoms with Crippen molar-refractivity contribution >= 4 is 50.8 Å². The quantitative estimate of drug-likeness (QED) is 0.461. The minimum absolute atomic E-state index is 0.142. The number of aryl methyl sites for hydroxylation is 1.